The number of thiazole rings is 1. The van der Waals surface area contributed by atoms with E-state index in [4.69, 9.17) is 0 Å². The summed E-state index contributed by atoms with van der Waals surface area (Å²) >= 11 is 1.21. The molecule has 0 aliphatic carbocycles. The van der Waals surface area contributed by atoms with Crippen molar-refractivity contribution in [3.63, 3.8) is 0 Å². The van der Waals surface area contributed by atoms with E-state index in [1.807, 2.05) is 6.92 Å². The van der Waals surface area contributed by atoms with E-state index in [1.54, 1.807) is 16.9 Å². The Bertz CT molecular complexity index is 1220. The third kappa shape index (κ3) is 7.74. The van der Waals surface area contributed by atoms with Crippen molar-refractivity contribution in [3.05, 3.63) is 58.2 Å². The first-order valence-corrected chi connectivity index (χ1v) is 11.7. The van der Waals surface area contributed by atoms with E-state index in [0.29, 0.717) is 47.7 Å². The number of hydrogen-bond donors (Lipinski definition) is 1. The summed E-state index contributed by atoms with van der Waals surface area (Å²) < 4.78 is 43.2. The van der Waals surface area contributed by atoms with Crippen LogP contribution in [-0.4, -0.2) is 39.3 Å². The van der Waals surface area contributed by atoms with Crippen molar-refractivity contribution < 1.29 is 27.5 Å². The Kier molecular flexibility index (Phi) is 8.74. The number of rotatable bonds is 9. The van der Waals surface area contributed by atoms with Gasteiger partial charge in [-0.2, -0.15) is 4.99 Å². The van der Waals surface area contributed by atoms with Gasteiger partial charge in [0.05, 0.1) is 17.6 Å². The van der Waals surface area contributed by atoms with Gasteiger partial charge in [0.15, 0.2) is 4.80 Å². The van der Waals surface area contributed by atoms with Crippen LogP contribution >= 0.6 is 11.3 Å². The quantitative estimate of drug-likeness (QED) is 0.437. The molecule has 2 heterocycles. The highest BCUT2D eigenvalue weighted by Crippen LogP contribution is 2.27. The highest BCUT2D eigenvalue weighted by molar-refractivity contribution is 7.07. The molecule has 0 radical (unpaired) electrons. The van der Waals surface area contributed by atoms with E-state index in [2.05, 4.69) is 25.0 Å². The van der Waals surface area contributed by atoms with Gasteiger partial charge in [0, 0.05) is 31.1 Å². The van der Waals surface area contributed by atoms with Crippen LogP contribution in [0.1, 0.15) is 42.4 Å². The summed E-state index contributed by atoms with van der Waals surface area (Å²) in [5.74, 6) is -0.939. The van der Waals surface area contributed by atoms with Crippen LogP contribution in [0.4, 0.5) is 13.2 Å². The summed E-state index contributed by atoms with van der Waals surface area (Å²) in [6.45, 7) is 4.51. The van der Waals surface area contributed by atoms with E-state index in [-0.39, 0.29) is 17.4 Å². The Morgan fingerprint density at radius 3 is 2.54 bits per heavy atom. The standard InChI is InChI=1S/C23H24F3N5O3S/c1-3-5-20(32)27-10-4-11-31-19(16-6-8-17(9-7-16)34-23(24,25)26)14-35-22(31)30-21(33)18-13-28-15(2)12-29-18/h6-9,12-14H,3-5,10-11H2,1-2H3,(H,27,32). The maximum Gasteiger partial charge on any atom is 0.573 e. The summed E-state index contributed by atoms with van der Waals surface area (Å²) in [4.78, 5) is 37.1. The molecule has 2 aromatic heterocycles. The predicted octanol–water partition coefficient (Wildman–Crippen LogP) is 4.26. The highest BCUT2D eigenvalue weighted by Gasteiger charge is 2.31. The molecule has 3 rings (SSSR count). The molecule has 0 aliphatic heterocycles. The molecule has 0 saturated heterocycles. The number of aromatic nitrogens is 3. The Labute approximate surface area is 203 Å². The molecule has 0 spiro atoms. The van der Waals surface area contributed by atoms with Crippen molar-refractivity contribution in [1.82, 2.24) is 19.9 Å². The van der Waals surface area contributed by atoms with E-state index in [1.165, 1.54) is 48.0 Å². The molecule has 0 unspecified atom stereocenters. The van der Waals surface area contributed by atoms with Crippen LogP contribution < -0.4 is 14.9 Å². The fourth-order valence-electron chi connectivity index (χ4n) is 3.12. The number of nitrogens with one attached hydrogen (secondary N) is 1. The first-order chi connectivity index (χ1) is 16.7. The molecule has 3 aromatic rings. The Morgan fingerprint density at radius 2 is 1.91 bits per heavy atom. The molecule has 1 N–H and O–H groups in total. The number of hydrogen-bond acceptors (Lipinski definition) is 6. The van der Waals surface area contributed by atoms with Gasteiger partial charge in [0.25, 0.3) is 5.91 Å². The van der Waals surface area contributed by atoms with Crippen molar-refractivity contribution in [3.8, 4) is 17.0 Å². The van der Waals surface area contributed by atoms with Crippen LogP contribution in [0.5, 0.6) is 5.75 Å². The molecule has 35 heavy (non-hydrogen) atoms. The van der Waals surface area contributed by atoms with Gasteiger partial charge in [-0.15, -0.1) is 24.5 Å². The summed E-state index contributed by atoms with van der Waals surface area (Å²) in [6.07, 6.45) is -0.216. The maximum atomic E-state index is 12.6. The lowest BCUT2D eigenvalue weighted by atomic mass is 10.1. The minimum Gasteiger partial charge on any atom is -0.406 e. The van der Waals surface area contributed by atoms with Gasteiger partial charge in [0.2, 0.25) is 5.91 Å². The third-order valence-corrected chi connectivity index (χ3v) is 5.60. The molecule has 8 nitrogen and oxygen atoms in total. The molecule has 1 aromatic carbocycles. The second-order valence-corrected chi connectivity index (χ2v) is 8.38. The van der Waals surface area contributed by atoms with Gasteiger partial charge in [-0.1, -0.05) is 6.92 Å². The molecule has 186 valence electrons. The van der Waals surface area contributed by atoms with Crippen molar-refractivity contribution in [2.45, 2.75) is 46.0 Å². The minimum atomic E-state index is -4.78. The number of alkyl halides is 3. The average molecular weight is 508 g/mol. The predicted molar refractivity (Wildman–Crippen MR) is 124 cm³/mol. The van der Waals surface area contributed by atoms with E-state index < -0.39 is 12.3 Å². The maximum absolute atomic E-state index is 12.6. The fourth-order valence-corrected chi connectivity index (χ4v) is 4.05. The minimum absolute atomic E-state index is 0.0404. The lowest BCUT2D eigenvalue weighted by Crippen LogP contribution is -2.26. The summed E-state index contributed by atoms with van der Waals surface area (Å²) in [5.41, 5.74) is 2.04. The zero-order valence-corrected chi connectivity index (χ0v) is 19.9. The molecule has 0 bridgehead atoms. The number of carbonyl (C=O) groups is 2. The van der Waals surface area contributed by atoms with Crippen molar-refractivity contribution in [2.75, 3.05) is 6.54 Å². The molecular formula is C23H24F3N5O3S. The van der Waals surface area contributed by atoms with Crippen molar-refractivity contribution in [2.24, 2.45) is 4.99 Å². The Balaban J connectivity index is 1.88. The summed E-state index contributed by atoms with van der Waals surface area (Å²) in [7, 11) is 0. The first-order valence-electron chi connectivity index (χ1n) is 10.8. The molecule has 0 aliphatic rings. The van der Waals surface area contributed by atoms with Crippen LogP contribution in [0.15, 0.2) is 47.0 Å². The molecule has 0 atom stereocenters. The Hall–Kier alpha value is -3.54. The lowest BCUT2D eigenvalue weighted by molar-refractivity contribution is -0.274. The number of nitrogens with zero attached hydrogens (tertiary/aromatic N) is 4. The van der Waals surface area contributed by atoms with Crippen LogP contribution in [0.2, 0.25) is 0 Å². The van der Waals surface area contributed by atoms with E-state index in [0.717, 1.165) is 6.42 Å². The number of carbonyl (C=O) groups excluding carboxylic acids is 2. The highest BCUT2D eigenvalue weighted by atomic mass is 32.1. The molecule has 0 fully saturated rings. The monoisotopic (exact) mass is 507 g/mol. The van der Waals surface area contributed by atoms with Crippen LogP contribution in [0.25, 0.3) is 11.3 Å². The summed E-state index contributed by atoms with van der Waals surface area (Å²) in [6, 6.07) is 5.44. The van der Waals surface area contributed by atoms with Gasteiger partial charge < -0.3 is 14.6 Å². The second-order valence-electron chi connectivity index (χ2n) is 7.54. The van der Waals surface area contributed by atoms with Gasteiger partial charge in [0.1, 0.15) is 11.4 Å². The van der Waals surface area contributed by atoms with Gasteiger partial charge >= 0.3 is 6.36 Å². The molecule has 0 saturated carbocycles. The zero-order chi connectivity index (χ0) is 25.4. The SMILES string of the molecule is CCCC(=O)NCCCn1c(-c2ccc(OC(F)(F)F)cc2)csc1=NC(=O)c1cnc(C)cn1. The number of halogens is 3. The zero-order valence-electron chi connectivity index (χ0n) is 19.1. The van der Waals surface area contributed by atoms with Crippen molar-refractivity contribution >= 4 is 23.2 Å². The number of amides is 2. The second kappa shape index (κ2) is 11.7. The molecule has 12 heteroatoms. The van der Waals surface area contributed by atoms with Crippen LogP contribution in [0.3, 0.4) is 0 Å². The molecular weight excluding hydrogens is 483 g/mol. The normalized spacial score (nSPS) is 12.0. The fraction of sp³-hybridized carbons (Fsp3) is 0.348. The number of benzene rings is 1. The largest absolute Gasteiger partial charge is 0.573 e. The number of aryl methyl sites for hydroxylation is 1. The van der Waals surface area contributed by atoms with Crippen molar-refractivity contribution in [1.29, 1.82) is 0 Å². The Morgan fingerprint density at radius 1 is 1.17 bits per heavy atom. The smallest absolute Gasteiger partial charge is 0.406 e. The topological polar surface area (TPSA) is 98.5 Å². The average Bonchev–Trinajstić information content (AvgIpc) is 3.19. The van der Waals surface area contributed by atoms with Gasteiger partial charge in [-0.3, -0.25) is 14.6 Å². The van der Waals surface area contributed by atoms with Gasteiger partial charge in [-0.05, 0) is 49.6 Å². The van der Waals surface area contributed by atoms with E-state index >= 15 is 0 Å². The first kappa shape index (κ1) is 26.1. The summed E-state index contributed by atoms with van der Waals surface area (Å²) in [5, 5.41) is 4.60. The number of ether oxygens (including phenoxy) is 1. The van der Waals surface area contributed by atoms with Gasteiger partial charge in [-0.25, -0.2) is 4.98 Å². The molecule has 2 amide bonds. The van der Waals surface area contributed by atoms with E-state index in [9.17, 15) is 22.8 Å². The van der Waals surface area contributed by atoms with Crippen LogP contribution in [0, 0.1) is 6.92 Å². The third-order valence-electron chi connectivity index (χ3n) is 4.74. The lowest BCUT2D eigenvalue weighted by Gasteiger charge is -2.12. The van der Waals surface area contributed by atoms with Crippen LogP contribution in [-0.2, 0) is 11.3 Å².